The second kappa shape index (κ2) is 12.2. The van der Waals surface area contributed by atoms with E-state index >= 15 is 26.3 Å². The van der Waals surface area contributed by atoms with E-state index in [1.54, 1.807) is 36.4 Å². The lowest BCUT2D eigenvalue weighted by molar-refractivity contribution is -0.289. The van der Waals surface area contributed by atoms with E-state index in [-0.39, 0.29) is 42.6 Å². The van der Waals surface area contributed by atoms with Crippen molar-refractivity contribution < 1.29 is 35.9 Å². The van der Waals surface area contributed by atoms with Crippen molar-refractivity contribution >= 4 is 55.0 Å². The molecule has 43 heavy (non-hydrogen) atoms. The number of hydrogen-bond acceptors (Lipinski definition) is 2. The van der Waals surface area contributed by atoms with Crippen LogP contribution in [0.1, 0.15) is 43.0 Å². The van der Waals surface area contributed by atoms with Gasteiger partial charge in [0.25, 0.3) is 11.8 Å². The first-order valence-corrected chi connectivity index (χ1v) is 14.1. The minimum Gasteiger partial charge on any atom is -0.321 e. The topological polar surface area (TPSA) is 58.2 Å². The van der Waals surface area contributed by atoms with Crippen LogP contribution in [0.4, 0.5) is 37.7 Å². The van der Waals surface area contributed by atoms with E-state index in [1.165, 1.54) is 24.3 Å². The van der Waals surface area contributed by atoms with Gasteiger partial charge < -0.3 is 10.6 Å². The van der Waals surface area contributed by atoms with Crippen LogP contribution >= 0.6 is 31.9 Å². The molecule has 2 amide bonds. The monoisotopic (exact) mass is 726 g/mol. The van der Waals surface area contributed by atoms with Crippen LogP contribution in [0, 0.1) is 13.8 Å². The molecule has 0 unspecified atom stereocenters. The summed E-state index contributed by atoms with van der Waals surface area (Å²) in [6.07, 6.45) is -11.7. The molecule has 4 aromatic carbocycles. The maximum Gasteiger partial charge on any atom is 0.411 e. The Morgan fingerprint density at radius 2 is 0.907 bits per heavy atom. The van der Waals surface area contributed by atoms with E-state index in [0.717, 1.165) is 38.1 Å². The van der Waals surface area contributed by atoms with Gasteiger partial charge in [0.15, 0.2) is 0 Å². The first-order chi connectivity index (χ1) is 20.1. The van der Waals surface area contributed by atoms with Gasteiger partial charge in [-0.15, -0.1) is 0 Å². The molecule has 4 aromatic rings. The Hall–Kier alpha value is -3.64. The summed E-state index contributed by atoms with van der Waals surface area (Å²) in [5.41, 5.74) is -6.87. The minimum absolute atomic E-state index is 0.00905. The van der Waals surface area contributed by atoms with Gasteiger partial charge in [-0.25, -0.2) is 0 Å². The summed E-state index contributed by atoms with van der Waals surface area (Å²) in [6, 6.07) is 19.4. The number of rotatable bonds is 6. The Labute approximate surface area is 259 Å². The fraction of sp³-hybridized carbons (Fsp3) is 0.161. The second-order valence-electron chi connectivity index (χ2n) is 9.68. The van der Waals surface area contributed by atoms with Gasteiger partial charge in [0.2, 0.25) is 5.41 Å². The van der Waals surface area contributed by atoms with Gasteiger partial charge >= 0.3 is 12.4 Å². The summed E-state index contributed by atoms with van der Waals surface area (Å²) in [4.78, 5) is 25.3. The van der Waals surface area contributed by atoms with E-state index in [4.69, 9.17) is 0 Å². The van der Waals surface area contributed by atoms with Crippen LogP contribution in [-0.2, 0) is 5.41 Å². The molecular weight excluding hydrogens is 706 g/mol. The van der Waals surface area contributed by atoms with Crippen molar-refractivity contribution in [3.63, 3.8) is 0 Å². The van der Waals surface area contributed by atoms with E-state index < -0.39 is 40.7 Å². The van der Waals surface area contributed by atoms with E-state index in [1.807, 2.05) is 0 Å². The van der Waals surface area contributed by atoms with E-state index in [2.05, 4.69) is 42.5 Å². The van der Waals surface area contributed by atoms with Crippen LogP contribution in [0.15, 0.2) is 93.9 Å². The molecule has 0 atom stereocenters. The zero-order chi connectivity index (χ0) is 31.7. The highest BCUT2D eigenvalue weighted by atomic mass is 79.9. The number of hydrogen-bond donors (Lipinski definition) is 2. The van der Waals surface area contributed by atoms with Gasteiger partial charge in [-0.3, -0.25) is 9.59 Å². The molecule has 0 aliphatic rings. The maximum absolute atomic E-state index is 15.0. The SMILES string of the molecule is Cc1cc(NC(=O)c2ccccc2)c(Br)cc1C(c1cc(Br)c(NC(=O)c2ccccc2)cc1C)(C(F)(F)F)C(F)(F)F. The lowest BCUT2D eigenvalue weighted by Crippen LogP contribution is -2.55. The predicted molar refractivity (Wildman–Crippen MR) is 159 cm³/mol. The number of aryl methyl sites for hydroxylation is 2. The number of carbonyl (C=O) groups excluding carboxylic acids is 2. The number of carbonyl (C=O) groups is 2. The fourth-order valence-corrected chi connectivity index (χ4v) is 5.73. The number of halogens is 8. The van der Waals surface area contributed by atoms with Crippen LogP contribution in [0.3, 0.4) is 0 Å². The molecule has 0 aliphatic carbocycles. The van der Waals surface area contributed by atoms with E-state index in [0.29, 0.717) is 0 Å². The van der Waals surface area contributed by atoms with Crippen LogP contribution in [-0.4, -0.2) is 24.2 Å². The Balaban J connectivity index is 1.86. The molecule has 4 nitrogen and oxygen atoms in total. The van der Waals surface area contributed by atoms with Crippen LogP contribution in [0.2, 0.25) is 0 Å². The number of benzene rings is 4. The number of alkyl halides is 6. The molecule has 0 radical (unpaired) electrons. The quantitative estimate of drug-likeness (QED) is 0.194. The summed E-state index contributed by atoms with van der Waals surface area (Å²) in [6.45, 7) is 2.23. The van der Waals surface area contributed by atoms with Crippen molar-refractivity contribution in [2.45, 2.75) is 31.6 Å². The highest BCUT2D eigenvalue weighted by Crippen LogP contribution is 2.59. The molecule has 0 saturated carbocycles. The molecule has 0 aromatic heterocycles. The zero-order valence-corrected chi connectivity index (χ0v) is 25.6. The molecular formula is C31H22Br2F6N2O2. The second-order valence-corrected chi connectivity index (χ2v) is 11.4. The van der Waals surface area contributed by atoms with Crippen molar-refractivity contribution in [2.75, 3.05) is 10.6 Å². The molecule has 0 aliphatic heterocycles. The smallest absolute Gasteiger partial charge is 0.321 e. The van der Waals surface area contributed by atoms with Crippen molar-refractivity contribution in [1.82, 2.24) is 0 Å². The van der Waals surface area contributed by atoms with Crippen LogP contribution in [0.25, 0.3) is 0 Å². The van der Waals surface area contributed by atoms with Gasteiger partial charge in [-0.2, -0.15) is 26.3 Å². The number of amides is 2. The normalized spacial score (nSPS) is 12.1. The lowest BCUT2D eigenvalue weighted by atomic mass is 9.70. The van der Waals surface area contributed by atoms with E-state index in [9.17, 15) is 9.59 Å². The molecule has 224 valence electrons. The molecule has 0 bridgehead atoms. The Kier molecular flexibility index (Phi) is 9.13. The third-order valence-corrected chi connectivity index (χ3v) is 8.17. The first-order valence-electron chi connectivity index (χ1n) is 12.6. The predicted octanol–water partition coefficient (Wildman–Crippen LogP) is 9.74. The number of nitrogens with one attached hydrogen (secondary N) is 2. The molecule has 4 rings (SSSR count). The molecule has 0 spiro atoms. The van der Waals surface area contributed by atoms with Crippen molar-refractivity contribution in [1.29, 1.82) is 0 Å². The summed E-state index contributed by atoms with van der Waals surface area (Å²) in [5, 5.41) is 5.05. The molecule has 2 N–H and O–H groups in total. The van der Waals surface area contributed by atoms with Gasteiger partial charge in [-0.05, 0) is 116 Å². The Morgan fingerprint density at radius 3 is 1.21 bits per heavy atom. The molecule has 0 saturated heterocycles. The lowest BCUT2D eigenvalue weighted by Gasteiger charge is -2.40. The molecule has 0 heterocycles. The molecule has 0 fully saturated rings. The summed E-state index contributed by atoms with van der Waals surface area (Å²) in [7, 11) is 0. The summed E-state index contributed by atoms with van der Waals surface area (Å²) in [5.74, 6) is -1.20. The number of anilines is 2. The Morgan fingerprint density at radius 1 is 0.581 bits per heavy atom. The average Bonchev–Trinajstić information content (AvgIpc) is 2.93. The fourth-order valence-electron chi connectivity index (χ4n) is 4.85. The Bertz CT molecular complexity index is 1550. The third-order valence-electron chi connectivity index (χ3n) is 6.85. The maximum atomic E-state index is 15.0. The summed E-state index contributed by atoms with van der Waals surface area (Å²) >= 11 is 6.14. The van der Waals surface area contributed by atoms with Gasteiger partial charge in [0.05, 0.1) is 11.4 Å². The highest BCUT2D eigenvalue weighted by molar-refractivity contribution is 9.11. The third kappa shape index (κ3) is 6.21. The van der Waals surface area contributed by atoms with Crippen molar-refractivity contribution in [2.24, 2.45) is 0 Å². The summed E-state index contributed by atoms with van der Waals surface area (Å²) < 4.78 is 89.9. The van der Waals surface area contributed by atoms with Crippen LogP contribution < -0.4 is 10.6 Å². The largest absolute Gasteiger partial charge is 0.411 e. The zero-order valence-electron chi connectivity index (χ0n) is 22.4. The first kappa shape index (κ1) is 32.3. The van der Waals surface area contributed by atoms with Crippen LogP contribution in [0.5, 0.6) is 0 Å². The van der Waals surface area contributed by atoms with Gasteiger partial charge in [0, 0.05) is 20.1 Å². The molecule has 12 heteroatoms. The van der Waals surface area contributed by atoms with Crippen molar-refractivity contribution in [3.8, 4) is 0 Å². The highest BCUT2D eigenvalue weighted by Gasteiger charge is 2.73. The standard InChI is InChI=1S/C31H22Br2F6N2O2/c1-17-13-25(40-27(42)19-9-5-3-6-10-19)23(32)15-21(17)29(30(34,35)36,31(37,38)39)22-16-24(33)26(14-18(22)2)41-28(43)20-11-7-4-8-12-20/h3-16H,1-2H3,(H,40,42)(H,41,43). The average molecular weight is 728 g/mol. The van der Waals surface area contributed by atoms with Gasteiger partial charge in [-0.1, -0.05) is 36.4 Å². The van der Waals surface area contributed by atoms with Crippen molar-refractivity contribution in [3.05, 3.63) is 127 Å². The minimum atomic E-state index is -5.86. The van der Waals surface area contributed by atoms with Gasteiger partial charge in [0.1, 0.15) is 0 Å².